The molecule has 1 nitrogen and oxygen atoms in total. The highest BCUT2D eigenvalue weighted by atomic mass is 79.9. The smallest absolute Gasteiger partial charge is 0.0654 e. The van der Waals surface area contributed by atoms with E-state index in [2.05, 4.69) is 48.9 Å². The van der Waals surface area contributed by atoms with Crippen molar-refractivity contribution in [3.05, 3.63) is 27.1 Å². The summed E-state index contributed by atoms with van der Waals surface area (Å²) in [5.41, 5.74) is 1.31. The minimum Gasteiger partial charge on any atom is -0.370 e. The van der Waals surface area contributed by atoms with Crippen molar-refractivity contribution in [3.63, 3.8) is 0 Å². The molecule has 0 amide bonds. The van der Waals surface area contributed by atoms with Gasteiger partial charge in [-0.05, 0) is 56.8 Å². The molecule has 0 bridgehead atoms. The van der Waals surface area contributed by atoms with Crippen LogP contribution in [0, 0.1) is 0 Å². The molecule has 0 saturated carbocycles. The Labute approximate surface area is 95.4 Å². The fourth-order valence-corrected chi connectivity index (χ4v) is 3.23. The highest BCUT2D eigenvalue weighted by molar-refractivity contribution is 9.11. The topological polar surface area (TPSA) is 3.24 Å². The molecule has 1 aliphatic rings. The lowest BCUT2D eigenvalue weighted by Gasteiger charge is -2.20. The summed E-state index contributed by atoms with van der Waals surface area (Å²) in [6.45, 7) is 2.36. The third-order valence-electron chi connectivity index (χ3n) is 2.36. The van der Waals surface area contributed by atoms with E-state index in [9.17, 15) is 0 Å². The Morgan fingerprint density at radius 1 is 1.00 bits per heavy atom. The van der Waals surface area contributed by atoms with Crippen LogP contribution in [0.15, 0.2) is 27.1 Å². The van der Waals surface area contributed by atoms with Gasteiger partial charge in [0, 0.05) is 22.0 Å². The Morgan fingerprint density at radius 3 is 2.08 bits per heavy atom. The molecule has 2 rings (SSSR count). The van der Waals surface area contributed by atoms with E-state index in [1.807, 2.05) is 6.07 Å². The standard InChI is InChI=1S/C10H11Br2N/c11-8-4-3-5-9(12)10(8)13-6-1-2-7-13/h3-5H,1-2,6-7H2. The van der Waals surface area contributed by atoms with Gasteiger partial charge in [-0.15, -0.1) is 0 Å². The molecule has 0 spiro atoms. The molecule has 0 radical (unpaired) electrons. The zero-order valence-electron chi connectivity index (χ0n) is 7.26. The molecule has 0 aliphatic carbocycles. The molecule has 1 fully saturated rings. The van der Waals surface area contributed by atoms with Crippen LogP contribution in [-0.4, -0.2) is 13.1 Å². The Hall–Kier alpha value is -0.0200. The van der Waals surface area contributed by atoms with Gasteiger partial charge in [0.2, 0.25) is 0 Å². The van der Waals surface area contributed by atoms with Crippen molar-refractivity contribution in [1.29, 1.82) is 0 Å². The van der Waals surface area contributed by atoms with Crippen LogP contribution in [0.2, 0.25) is 0 Å². The first-order chi connectivity index (χ1) is 6.29. The number of nitrogens with zero attached hydrogens (tertiary/aromatic N) is 1. The normalized spacial score (nSPS) is 16.6. The van der Waals surface area contributed by atoms with Crippen molar-refractivity contribution in [2.45, 2.75) is 12.8 Å². The van der Waals surface area contributed by atoms with Gasteiger partial charge in [-0.2, -0.15) is 0 Å². The molecule has 13 heavy (non-hydrogen) atoms. The largest absolute Gasteiger partial charge is 0.370 e. The molecule has 1 aromatic rings. The predicted molar refractivity (Wildman–Crippen MR) is 63.3 cm³/mol. The summed E-state index contributed by atoms with van der Waals surface area (Å²) in [6.07, 6.45) is 2.63. The molecular formula is C10H11Br2N. The van der Waals surface area contributed by atoms with Crippen LogP contribution in [0.1, 0.15) is 12.8 Å². The van der Waals surface area contributed by atoms with Crippen LogP contribution >= 0.6 is 31.9 Å². The number of rotatable bonds is 1. The van der Waals surface area contributed by atoms with Crippen molar-refractivity contribution in [1.82, 2.24) is 0 Å². The second kappa shape index (κ2) is 4.01. The Balaban J connectivity index is 2.37. The first kappa shape index (κ1) is 9.53. The number of halogens is 2. The van der Waals surface area contributed by atoms with Gasteiger partial charge < -0.3 is 4.90 Å². The van der Waals surface area contributed by atoms with Gasteiger partial charge in [-0.3, -0.25) is 0 Å². The van der Waals surface area contributed by atoms with Crippen LogP contribution < -0.4 is 4.90 Å². The first-order valence-electron chi connectivity index (χ1n) is 4.48. The van der Waals surface area contributed by atoms with Crippen molar-refractivity contribution >= 4 is 37.5 Å². The van der Waals surface area contributed by atoms with Gasteiger partial charge in [0.25, 0.3) is 0 Å². The molecule has 1 heterocycles. The van der Waals surface area contributed by atoms with Gasteiger partial charge in [0.15, 0.2) is 0 Å². The van der Waals surface area contributed by atoms with Crippen LogP contribution in [0.4, 0.5) is 5.69 Å². The maximum absolute atomic E-state index is 3.59. The van der Waals surface area contributed by atoms with Crippen molar-refractivity contribution < 1.29 is 0 Å². The fraction of sp³-hybridized carbons (Fsp3) is 0.400. The molecule has 0 aromatic heterocycles. The summed E-state index contributed by atoms with van der Waals surface area (Å²) in [7, 11) is 0. The molecule has 3 heteroatoms. The second-order valence-corrected chi connectivity index (χ2v) is 4.97. The lowest BCUT2D eigenvalue weighted by atomic mass is 10.3. The molecule has 0 unspecified atom stereocenters. The number of anilines is 1. The lowest BCUT2D eigenvalue weighted by molar-refractivity contribution is 0.949. The van der Waals surface area contributed by atoms with Gasteiger partial charge in [0.05, 0.1) is 5.69 Å². The van der Waals surface area contributed by atoms with E-state index in [4.69, 9.17) is 0 Å². The van der Waals surface area contributed by atoms with Crippen LogP contribution in [0.3, 0.4) is 0 Å². The van der Waals surface area contributed by atoms with E-state index < -0.39 is 0 Å². The summed E-state index contributed by atoms with van der Waals surface area (Å²) < 4.78 is 2.37. The predicted octanol–water partition coefficient (Wildman–Crippen LogP) is 3.81. The van der Waals surface area contributed by atoms with E-state index >= 15 is 0 Å². The van der Waals surface area contributed by atoms with E-state index in [-0.39, 0.29) is 0 Å². The van der Waals surface area contributed by atoms with E-state index in [0.29, 0.717) is 0 Å². The molecule has 1 aromatic carbocycles. The van der Waals surface area contributed by atoms with Gasteiger partial charge >= 0.3 is 0 Å². The summed E-state index contributed by atoms with van der Waals surface area (Å²) >= 11 is 7.17. The molecule has 1 aliphatic heterocycles. The third kappa shape index (κ3) is 1.91. The number of para-hydroxylation sites is 1. The van der Waals surface area contributed by atoms with E-state index in [1.165, 1.54) is 40.6 Å². The Morgan fingerprint density at radius 2 is 1.54 bits per heavy atom. The highest BCUT2D eigenvalue weighted by Gasteiger charge is 2.16. The van der Waals surface area contributed by atoms with Crippen molar-refractivity contribution in [2.75, 3.05) is 18.0 Å². The summed E-state index contributed by atoms with van der Waals surface area (Å²) in [5.74, 6) is 0. The minimum absolute atomic E-state index is 1.18. The second-order valence-electron chi connectivity index (χ2n) is 3.26. The van der Waals surface area contributed by atoms with Crippen LogP contribution in [0.25, 0.3) is 0 Å². The Bertz CT molecular complexity index is 286. The fourth-order valence-electron chi connectivity index (χ4n) is 1.73. The molecule has 1 saturated heterocycles. The quantitative estimate of drug-likeness (QED) is 0.762. The number of hydrogen-bond acceptors (Lipinski definition) is 1. The SMILES string of the molecule is Brc1cccc(Br)c1N1CCCC1. The average Bonchev–Trinajstić information content (AvgIpc) is 2.57. The lowest BCUT2D eigenvalue weighted by Crippen LogP contribution is -2.18. The zero-order valence-corrected chi connectivity index (χ0v) is 10.4. The molecule has 0 atom stereocenters. The third-order valence-corrected chi connectivity index (χ3v) is 3.64. The summed E-state index contributed by atoms with van der Waals surface area (Å²) in [6, 6.07) is 6.24. The van der Waals surface area contributed by atoms with E-state index in [0.717, 1.165) is 0 Å². The van der Waals surface area contributed by atoms with Crippen molar-refractivity contribution in [3.8, 4) is 0 Å². The molecule has 0 N–H and O–H groups in total. The van der Waals surface area contributed by atoms with Crippen LogP contribution in [-0.2, 0) is 0 Å². The van der Waals surface area contributed by atoms with Crippen LogP contribution in [0.5, 0.6) is 0 Å². The minimum atomic E-state index is 1.18. The number of benzene rings is 1. The van der Waals surface area contributed by atoms with Crippen molar-refractivity contribution in [2.24, 2.45) is 0 Å². The Kier molecular flexibility index (Phi) is 2.94. The van der Waals surface area contributed by atoms with Gasteiger partial charge in [-0.1, -0.05) is 6.07 Å². The maximum Gasteiger partial charge on any atom is 0.0654 e. The first-order valence-corrected chi connectivity index (χ1v) is 6.06. The summed E-state index contributed by atoms with van der Waals surface area (Å²) in [5, 5.41) is 0. The van der Waals surface area contributed by atoms with Gasteiger partial charge in [-0.25, -0.2) is 0 Å². The molecule has 70 valence electrons. The number of hydrogen-bond donors (Lipinski definition) is 0. The zero-order chi connectivity index (χ0) is 9.26. The van der Waals surface area contributed by atoms with Gasteiger partial charge in [0.1, 0.15) is 0 Å². The highest BCUT2D eigenvalue weighted by Crippen LogP contribution is 2.35. The molecular weight excluding hydrogens is 294 g/mol. The average molecular weight is 305 g/mol. The maximum atomic E-state index is 3.59. The summed E-state index contributed by atoms with van der Waals surface area (Å²) in [4.78, 5) is 2.42. The monoisotopic (exact) mass is 303 g/mol. The van der Waals surface area contributed by atoms with E-state index in [1.54, 1.807) is 0 Å².